The number of carbonyl (C=O) groups is 1. The normalized spacial score (nSPS) is 14.5. The molecule has 1 N–H and O–H groups in total. The third-order valence-corrected chi connectivity index (χ3v) is 2.63. The summed E-state index contributed by atoms with van der Waals surface area (Å²) in [5.74, 6) is 1.33. The van der Waals surface area contributed by atoms with Crippen LogP contribution in [0.1, 0.15) is 12.5 Å². The first-order chi connectivity index (χ1) is 8.20. The van der Waals surface area contributed by atoms with E-state index in [1.165, 1.54) is 7.11 Å². The van der Waals surface area contributed by atoms with E-state index in [4.69, 9.17) is 14.2 Å². The van der Waals surface area contributed by atoms with Gasteiger partial charge < -0.3 is 19.5 Å². The number of methoxy groups -OCH3 is 1. The molecule has 2 rings (SSSR count). The predicted molar refractivity (Wildman–Crippen MR) is 60.9 cm³/mol. The highest BCUT2D eigenvalue weighted by Crippen LogP contribution is 2.32. The van der Waals surface area contributed by atoms with E-state index in [0.29, 0.717) is 6.54 Å². The molecular weight excluding hydrogens is 222 g/mol. The molecule has 1 aromatic rings. The van der Waals surface area contributed by atoms with Crippen molar-refractivity contribution in [3.05, 3.63) is 23.8 Å². The largest absolute Gasteiger partial charge is 0.454 e. The van der Waals surface area contributed by atoms with Gasteiger partial charge >= 0.3 is 0 Å². The van der Waals surface area contributed by atoms with E-state index in [1.807, 2.05) is 18.2 Å². The van der Waals surface area contributed by atoms with Crippen LogP contribution in [0.4, 0.5) is 0 Å². The second-order valence-corrected chi connectivity index (χ2v) is 3.78. The lowest BCUT2D eigenvalue weighted by molar-refractivity contribution is -0.130. The average molecular weight is 237 g/mol. The minimum atomic E-state index is -0.441. The highest BCUT2D eigenvalue weighted by molar-refractivity contribution is 5.80. The van der Waals surface area contributed by atoms with E-state index in [-0.39, 0.29) is 12.7 Å². The van der Waals surface area contributed by atoms with Crippen molar-refractivity contribution in [2.24, 2.45) is 0 Å². The SMILES string of the molecule is COC(C)C(=O)NCc1ccc2c(c1)OCO2. The molecule has 1 heterocycles. The summed E-state index contributed by atoms with van der Waals surface area (Å²) < 4.78 is 15.4. The highest BCUT2D eigenvalue weighted by Gasteiger charge is 2.14. The van der Waals surface area contributed by atoms with Crippen LogP contribution < -0.4 is 14.8 Å². The summed E-state index contributed by atoms with van der Waals surface area (Å²) in [5, 5.41) is 2.78. The van der Waals surface area contributed by atoms with Crippen molar-refractivity contribution in [3.63, 3.8) is 0 Å². The molecule has 0 fully saturated rings. The molecule has 0 spiro atoms. The molecule has 0 saturated carbocycles. The van der Waals surface area contributed by atoms with Crippen LogP contribution in [0.2, 0.25) is 0 Å². The molecule has 5 nitrogen and oxygen atoms in total. The summed E-state index contributed by atoms with van der Waals surface area (Å²) in [4.78, 5) is 11.5. The summed E-state index contributed by atoms with van der Waals surface area (Å²) >= 11 is 0. The number of amides is 1. The van der Waals surface area contributed by atoms with Gasteiger partial charge in [-0.25, -0.2) is 0 Å². The van der Waals surface area contributed by atoms with Crippen molar-refractivity contribution in [1.82, 2.24) is 5.32 Å². The van der Waals surface area contributed by atoms with Crippen LogP contribution >= 0.6 is 0 Å². The maximum atomic E-state index is 11.5. The molecule has 92 valence electrons. The number of ether oxygens (including phenoxy) is 3. The zero-order chi connectivity index (χ0) is 12.3. The Bertz CT molecular complexity index is 419. The van der Waals surface area contributed by atoms with Gasteiger partial charge in [-0.2, -0.15) is 0 Å². The molecule has 0 saturated heterocycles. The van der Waals surface area contributed by atoms with Gasteiger partial charge in [0.05, 0.1) is 0 Å². The Hall–Kier alpha value is -1.75. The van der Waals surface area contributed by atoms with Crippen molar-refractivity contribution >= 4 is 5.91 Å². The molecule has 17 heavy (non-hydrogen) atoms. The van der Waals surface area contributed by atoms with Gasteiger partial charge in [0.1, 0.15) is 6.10 Å². The smallest absolute Gasteiger partial charge is 0.249 e. The summed E-state index contributed by atoms with van der Waals surface area (Å²) in [6.45, 7) is 2.41. The third kappa shape index (κ3) is 2.68. The van der Waals surface area contributed by atoms with Crippen LogP contribution in [0, 0.1) is 0 Å². The lowest BCUT2D eigenvalue weighted by Gasteiger charge is -2.10. The van der Waals surface area contributed by atoms with Crippen molar-refractivity contribution in [2.45, 2.75) is 19.6 Å². The van der Waals surface area contributed by atoms with E-state index < -0.39 is 6.10 Å². The molecule has 0 aliphatic carbocycles. The molecule has 1 atom stereocenters. The van der Waals surface area contributed by atoms with Crippen molar-refractivity contribution in [2.75, 3.05) is 13.9 Å². The first-order valence-electron chi connectivity index (χ1n) is 5.39. The lowest BCUT2D eigenvalue weighted by Crippen LogP contribution is -2.33. The van der Waals surface area contributed by atoms with Gasteiger partial charge in [-0.1, -0.05) is 6.07 Å². The van der Waals surface area contributed by atoms with Crippen molar-refractivity contribution in [3.8, 4) is 11.5 Å². The molecule has 0 bridgehead atoms. The summed E-state index contributed by atoms with van der Waals surface area (Å²) in [6, 6.07) is 5.59. The lowest BCUT2D eigenvalue weighted by atomic mass is 10.2. The molecule has 1 aromatic carbocycles. The Balaban J connectivity index is 1.93. The van der Waals surface area contributed by atoms with Gasteiger partial charge in [0, 0.05) is 13.7 Å². The van der Waals surface area contributed by atoms with E-state index in [9.17, 15) is 4.79 Å². The van der Waals surface area contributed by atoms with Gasteiger partial charge in [0.25, 0.3) is 0 Å². The average Bonchev–Trinajstić information content (AvgIpc) is 2.82. The first-order valence-corrected chi connectivity index (χ1v) is 5.39. The fourth-order valence-electron chi connectivity index (χ4n) is 1.49. The number of hydrogen-bond acceptors (Lipinski definition) is 4. The van der Waals surface area contributed by atoms with E-state index in [1.54, 1.807) is 6.92 Å². The predicted octanol–water partition coefficient (Wildman–Crippen LogP) is 1.07. The highest BCUT2D eigenvalue weighted by atomic mass is 16.7. The fraction of sp³-hybridized carbons (Fsp3) is 0.417. The van der Waals surface area contributed by atoms with Crippen LogP contribution in [-0.2, 0) is 16.1 Å². The monoisotopic (exact) mass is 237 g/mol. The number of benzene rings is 1. The quantitative estimate of drug-likeness (QED) is 0.851. The Morgan fingerprint density at radius 2 is 2.24 bits per heavy atom. The number of hydrogen-bond donors (Lipinski definition) is 1. The van der Waals surface area contributed by atoms with E-state index in [2.05, 4.69) is 5.32 Å². The molecule has 1 aliphatic heterocycles. The minimum Gasteiger partial charge on any atom is -0.454 e. The number of fused-ring (bicyclic) bond motifs is 1. The Kier molecular flexibility index (Phi) is 3.49. The molecule has 1 aliphatic rings. The Morgan fingerprint density at radius 1 is 1.47 bits per heavy atom. The molecule has 1 amide bonds. The molecule has 1 unspecified atom stereocenters. The first kappa shape index (κ1) is 11.7. The van der Waals surface area contributed by atoms with Gasteiger partial charge in [-0.05, 0) is 24.6 Å². The molecular formula is C12H15NO4. The van der Waals surface area contributed by atoms with Gasteiger partial charge in [0.2, 0.25) is 12.7 Å². The van der Waals surface area contributed by atoms with Crippen molar-refractivity contribution < 1.29 is 19.0 Å². The fourth-order valence-corrected chi connectivity index (χ4v) is 1.49. The standard InChI is InChI=1S/C12H15NO4/c1-8(15-2)12(14)13-6-9-3-4-10-11(5-9)17-7-16-10/h3-5,8H,6-7H2,1-2H3,(H,13,14). The van der Waals surface area contributed by atoms with Crippen LogP contribution in [0.25, 0.3) is 0 Å². The van der Waals surface area contributed by atoms with Crippen molar-refractivity contribution in [1.29, 1.82) is 0 Å². The maximum Gasteiger partial charge on any atom is 0.249 e. The molecule has 0 radical (unpaired) electrons. The topological polar surface area (TPSA) is 56.8 Å². The second-order valence-electron chi connectivity index (χ2n) is 3.78. The van der Waals surface area contributed by atoms with Crippen LogP contribution in [0.15, 0.2) is 18.2 Å². The van der Waals surface area contributed by atoms with Gasteiger partial charge in [-0.15, -0.1) is 0 Å². The number of carbonyl (C=O) groups excluding carboxylic acids is 1. The Morgan fingerprint density at radius 3 is 3.00 bits per heavy atom. The van der Waals surface area contributed by atoms with Crippen LogP contribution in [0.3, 0.4) is 0 Å². The van der Waals surface area contributed by atoms with Gasteiger partial charge in [0.15, 0.2) is 11.5 Å². The zero-order valence-corrected chi connectivity index (χ0v) is 9.86. The van der Waals surface area contributed by atoms with Gasteiger partial charge in [-0.3, -0.25) is 4.79 Å². The molecule has 0 aromatic heterocycles. The van der Waals surface area contributed by atoms with Crippen LogP contribution in [-0.4, -0.2) is 25.9 Å². The zero-order valence-electron chi connectivity index (χ0n) is 9.86. The summed E-state index contributed by atoms with van der Waals surface area (Å²) in [7, 11) is 1.50. The summed E-state index contributed by atoms with van der Waals surface area (Å²) in [5.41, 5.74) is 0.964. The number of rotatable bonds is 4. The Labute approximate surface area is 99.7 Å². The van der Waals surface area contributed by atoms with Crippen LogP contribution in [0.5, 0.6) is 11.5 Å². The molecule has 5 heteroatoms. The minimum absolute atomic E-state index is 0.134. The number of nitrogens with one attached hydrogen (secondary N) is 1. The van der Waals surface area contributed by atoms with E-state index in [0.717, 1.165) is 17.1 Å². The maximum absolute atomic E-state index is 11.5. The van der Waals surface area contributed by atoms with E-state index >= 15 is 0 Å². The third-order valence-electron chi connectivity index (χ3n) is 2.63. The summed E-state index contributed by atoms with van der Waals surface area (Å²) in [6.07, 6.45) is -0.441. The second kappa shape index (κ2) is 5.05.